The van der Waals surface area contributed by atoms with Gasteiger partial charge in [-0.05, 0) is 25.5 Å². The lowest BCUT2D eigenvalue weighted by molar-refractivity contribution is -0.145. The molecule has 0 aromatic carbocycles. The summed E-state index contributed by atoms with van der Waals surface area (Å²) in [5.41, 5.74) is 0.746. The van der Waals surface area contributed by atoms with Gasteiger partial charge in [0, 0.05) is 18.0 Å². The van der Waals surface area contributed by atoms with E-state index in [1.54, 1.807) is 25.4 Å². The number of hydrogen-bond donors (Lipinski definition) is 0. The van der Waals surface area contributed by atoms with Crippen LogP contribution < -0.4 is 0 Å². The molecule has 0 aliphatic heterocycles. The van der Waals surface area contributed by atoms with Crippen LogP contribution in [-0.2, 0) is 9.53 Å². The number of pyridine rings is 1. The van der Waals surface area contributed by atoms with Crippen LogP contribution in [-0.4, -0.2) is 27.7 Å². The molecule has 0 saturated heterocycles. The van der Waals surface area contributed by atoms with Crippen molar-refractivity contribution in [2.75, 3.05) is 6.61 Å². The molecule has 0 aliphatic carbocycles. The van der Waals surface area contributed by atoms with Crippen LogP contribution >= 0.6 is 0 Å². The Labute approximate surface area is 110 Å². The number of ether oxygens (including phenoxy) is 1. The molecule has 2 aromatic heterocycles. The van der Waals surface area contributed by atoms with E-state index >= 15 is 0 Å². The largest absolute Gasteiger partial charge is 0.465 e. The first-order valence-electron chi connectivity index (χ1n) is 6.16. The van der Waals surface area contributed by atoms with Gasteiger partial charge in [-0.3, -0.25) is 9.78 Å². The van der Waals surface area contributed by atoms with Crippen molar-refractivity contribution in [2.45, 2.75) is 26.2 Å². The fourth-order valence-electron chi connectivity index (χ4n) is 1.67. The molecule has 0 saturated carbocycles. The number of carbonyl (C=O) groups is 1. The molecular weight excluding hydrogens is 246 g/mol. The van der Waals surface area contributed by atoms with Gasteiger partial charge in [0.2, 0.25) is 11.7 Å². The highest BCUT2D eigenvalue weighted by molar-refractivity contribution is 5.76. The van der Waals surface area contributed by atoms with E-state index in [2.05, 4.69) is 15.1 Å². The van der Waals surface area contributed by atoms with E-state index in [1.807, 2.05) is 13.0 Å². The zero-order valence-electron chi connectivity index (χ0n) is 10.9. The molecule has 1 atom stereocenters. The van der Waals surface area contributed by atoms with Crippen molar-refractivity contribution in [3.63, 3.8) is 0 Å². The van der Waals surface area contributed by atoms with Gasteiger partial charge < -0.3 is 9.26 Å². The number of hydrogen-bond acceptors (Lipinski definition) is 6. The zero-order valence-corrected chi connectivity index (χ0v) is 10.9. The highest BCUT2D eigenvalue weighted by Crippen LogP contribution is 2.22. The summed E-state index contributed by atoms with van der Waals surface area (Å²) in [6, 6.07) is 3.61. The Morgan fingerprint density at radius 1 is 1.47 bits per heavy atom. The highest BCUT2D eigenvalue weighted by Gasteiger charge is 2.26. The van der Waals surface area contributed by atoms with Crippen LogP contribution in [0.4, 0.5) is 0 Å². The second-order valence-corrected chi connectivity index (χ2v) is 3.91. The molecule has 2 rings (SSSR count). The van der Waals surface area contributed by atoms with Gasteiger partial charge in [-0.15, -0.1) is 0 Å². The molecule has 100 valence electrons. The molecule has 2 aromatic rings. The van der Waals surface area contributed by atoms with Crippen LogP contribution in [0.3, 0.4) is 0 Å². The second kappa shape index (κ2) is 6.08. The standard InChI is InChI=1S/C13H15N3O3/c1-3-10(13(17)18-4-2)12-15-11(16-19-12)9-6-5-7-14-8-9/h5-8,10H,3-4H2,1-2H3. The number of esters is 1. The van der Waals surface area contributed by atoms with Crippen molar-refractivity contribution in [1.29, 1.82) is 0 Å². The monoisotopic (exact) mass is 261 g/mol. The molecule has 0 bridgehead atoms. The molecule has 0 spiro atoms. The summed E-state index contributed by atoms with van der Waals surface area (Å²) in [6.45, 7) is 3.97. The maximum atomic E-state index is 11.8. The SMILES string of the molecule is CCOC(=O)C(CC)c1nc(-c2cccnc2)no1. The summed E-state index contributed by atoms with van der Waals surface area (Å²) < 4.78 is 10.1. The Morgan fingerprint density at radius 3 is 2.95 bits per heavy atom. The molecule has 1 unspecified atom stereocenters. The lowest BCUT2D eigenvalue weighted by atomic mass is 10.1. The van der Waals surface area contributed by atoms with Crippen LogP contribution in [0, 0.1) is 0 Å². The minimum absolute atomic E-state index is 0.278. The quantitative estimate of drug-likeness (QED) is 0.768. The Hall–Kier alpha value is -2.24. The van der Waals surface area contributed by atoms with Gasteiger partial charge in [-0.25, -0.2) is 0 Å². The van der Waals surface area contributed by atoms with Crippen molar-refractivity contribution in [3.8, 4) is 11.4 Å². The van der Waals surface area contributed by atoms with E-state index in [9.17, 15) is 4.79 Å². The minimum atomic E-state index is -0.516. The molecular formula is C13H15N3O3. The van der Waals surface area contributed by atoms with Gasteiger partial charge in [0.1, 0.15) is 5.92 Å². The summed E-state index contributed by atoms with van der Waals surface area (Å²) in [6.07, 6.45) is 3.85. The number of nitrogens with zero attached hydrogens (tertiary/aromatic N) is 3. The summed E-state index contributed by atoms with van der Waals surface area (Å²) in [5, 5.41) is 3.86. The van der Waals surface area contributed by atoms with E-state index in [1.165, 1.54) is 0 Å². The smallest absolute Gasteiger partial charge is 0.318 e. The number of aromatic nitrogens is 3. The lowest BCUT2D eigenvalue weighted by Gasteiger charge is -2.08. The zero-order chi connectivity index (χ0) is 13.7. The van der Waals surface area contributed by atoms with Crippen molar-refractivity contribution in [2.24, 2.45) is 0 Å². The van der Waals surface area contributed by atoms with E-state index in [4.69, 9.17) is 9.26 Å². The van der Waals surface area contributed by atoms with Crippen molar-refractivity contribution in [1.82, 2.24) is 15.1 Å². The summed E-state index contributed by atoms with van der Waals surface area (Å²) in [4.78, 5) is 20.0. The summed E-state index contributed by atoms with van der Waals surface area (Å²) >= 11 is 0. The van der Waals surface area contributed by atoms with E-state index in [-0.39, 0.29) is 11.9 Å². The average molecular weight is 261 g/mol. The fourth-order valence-corrected chi connectivity index (χ4v) is 1.67. The van der Waals surface area contributed by atoms with Crippen molar-refractivity contribution >= 4 is 5.97 Å². The van der Waals surface area contributed by atoms with Crippen molar-refractivity contribution in [3.05, 3.63) is 30.4 Å². The maximum absolute atomic E-state index is 11.8. The Balaban J connectivity index is 2.22. The van der Waals surface area contributed by atoms with E-state index in [0.717, 1.165) is 5.56 Å². The molecule has 0 radical (unpaired) electrons. The molecule has 6 nitrogen and oxygen atoms in total. The van der Waals surface area contributed by atoms with Crippen LogP contribution in [0.5, 0.6) is 0 Å². The van der Waals surface area contributed by atoms with Gasteiger partial charge in [0.25, 0.3) is 0 Å². The predicted octanol–water partition coefficient (Wildman–Crippen LogP) is 2.19. The molecule has 0 N–H and O–H groups in total. The summed E-state index contributed by atoms with van der Waals surface area (Å²) in [5.74, 6) is -0.157. The van der Waals surface area contributed by atoms with Crippen LogP contribution in [0.25, 0.3) is 11.4 Å². The van der Waals surface area contributed by atoms with Crippen LogP contribution in [0.15, 0.2) is 29.0 Å². The van der Waals surface area contributed by atoms with E-state index in [0.29, 0.717) is 18.9 Å². The van der Waals surface area contributed by atoms with Crippen LogP contribution in [0.2, 0.25) is 0 Å². The predicted molar refractivity (Wildman–Crippen MR) is 67.2 cm³/mol. The molecule has 2 heterocycles. The normalized spacial score (nSPS) is 12.1. The second-order valence-electron chi connectivity index (χ2n) is 3.91. The topological polar surface area (TPSA) is 78.1 Å². The molecule has 0 aliphatic rings. The fraction of sp³-hybridized carbons (Fsp3) is 0.385. The average Bonchev–Trinajstić information content (AvgIpc) is 2.90. The van der Waals surface area contributed by atoms with Gasteiger partial charge in [0.15, 0.2) is 0 Å². The van der Waals surface area contributed by atoms with Crippen molar-refractivity contribution < 1.29 is 14.1 Å². The molecule has 19 heavy (non-hydrogen) atoms. The minimum Gasteiger partial charge on any atom is -0.465 e. The maximum Gasteiger partial charge on any atom is 0.318 e. The van der Waals surface area contributed by atoms with E-state index < -0.39 is 5.92 Å². The third-order valence-corrected chi connectivity index (χ3v) is 2.64. The Kier molecular flexibility index (Phi) is 4.22. The molecule has 6 heteroatoms. The summed E-state index contributed by atoms with van der Waals surface area (Å²) in [7, 11) is 0. The third-order valence-electron chi connectivity index (χ3n) is 2.64. The number of rotatable bonds is 5. The Morgan fingerprint density at radius 2 is 2.32 bits per heavy atom. The number of carbonyl (C=O) groups excluding carboxylic acids is 1. The highest BCUT2D eigenvalue weighted by atomic mass is 16.5. The first-order chi connectivity index (χ1) is 9.26. The molecule has 0 fully saturated rings. The van der Waals surface area contributed by atoms with Gasteiger partial charge in [-0.1, -0.05) is 12.1 Å². The first-order valence-corrected chi connectivity index (χ1v) is 6.16. The van der Waals surface area contributed by atoms with Crippen LogP contribution in [0.1, 0.15) is 32.1 Å². The van der Waals surface area contributed by atoms with Gasteiger partial charge in [-0.2, -0.15) is 4.98 Å². The lowest BCUT2D eigenvalue weighted by Crippen LogP contribution is -2.15. The van der Waals surface area contributed by atoms with Gasteiger partial charge >= 0.3 is 5.97 Å². The van der Waals surface area contributed by atoms with Gasteiger partial charge in [0.05, 0.1) is 6.61 Å². The third kappa shape index (κ3) is 2.96. The molecule has 0 amide bonds. The Bertz CT molecular complexity index is 539. The first kappa shape index (κ1) is 13.2.